The molecule has 0 atom stereocenters. The number of rotatable bonds is 4. The molecular formula is C32H38. The average Bonchev–Trinajstić information content (AvgIpc) is 2.85. The molecule has 2 saturated carbocycles. The van der Waals surface area contributed by atoms with Gasteiger partial charge in [-0.25, -0.2) is 0 Å². The van der Waals surface area contributed by atoms with Gasteiger partial charge >= 0.3 is 0 Å². The monoisotopic (exact) mass is 422 g/mol. The largest absolute Gasteiger partial charge is 0.0625 e. The second-order valence-electron chi connectivity index (χ2n) is 10.7. The fourth-order valence-electron chi connectivity index (χ4n) is 6.09. The van der Waals surface area contributed by atoms with Crippen molar-refractivity contribution in [3.05, 3.63) is 95.1 Å². The van der Waals surface area contributed by atoms with Crippen LogP contribution in [0.4, 0.5) is 0 Å². The van der Waals surface area contributed by atoms with Gasteiger partial charge in [-0.2, -0.15) is 0 Å². The van der Waals surface area contributed by atoms with Crippen molar-refractivity contribution >= 4 is 0 Å². The molecule has 3 aromatic rings. The number of hydrogen-bond donors (Lipinski definition) is 0. The molecule has 0 heterocycles. The van der Waals surface area contributed by atoms with E-state index in [-0.39, 0.29) is 0 Å². The second kappa shape index (κ2) is 9.65. The number of aryl methyl sites for hydroxylation is 1. The average molecular weight is 423 g/mol. The summed E-state index contributed by atoms with van der Waals surface area (Å²) in [4.78, 5) is 0. The molecule has 0 heteroatoms. The van der Waals surface area contributed by atoms with Gasteiger partial charge in [0.2, 0.25) is 0 Å². The highest BCUT2D eigenvalue weighted by Gasteiger charge is 2.23. The molecule has 32 heavy (non-hydrogen) atoms. The van der Waals surface area contributed by atoms with Crippen molar-refractivity contribution in [1.82, 2.24) is 0 Å². The minimum absolute atomic E-state index is 0.724. The lowest BCUT2D eigenvalue weighted by Gasteiger charge is -2.29. The van der Waals surface area contributed by atoms with E-state index in [0.29, 0.717) is 0 Å². The van der Waals surface area contributed by atoms with Crippen molar-refractivity contribution in [3.63, 3.8) is 0 Å². The zero-order valence-electron chi connectivity index (χ0n) is 19.9. The first-order chi connectivity index (χ1) is 15.7. The number of benzene rings is 3. The van der Waals surface area contributed by atoms with E-state index in [1.165, 1.54) is 79.2 Å². The number of hydrogen-bond acceptors (Lipinski definition) is 0. The van der Waals surface area contributed by atoms with E-state index in [9.17, 15) is 0 Å². The van der Waals surface area contributed by atoms with E-state index >= 15 is 0 Å². The predicted octanol–water partition coefficient (Wildman–Crippen LogP) is 9.40. The van der Waals surface area contributed by atoms with E-state index < -0.39 is 0 Å². The maximum absolute atomic E-state index is 2.40. The van der Waals surface area contributed by atoms with Crippen LogP contribution in [0, 0.1) is 12.8 Å². The molecular weight excluding hydrogens is 384 g/mol. The van der Waals surface area contributed by atoms with E-state index in [0.717, 1.165) is 23.7 Å². The van der Waals surface area contributed by atoms with Gasteiger partial charge in [0.25, 0.3) is 0 Å². The van der Waals surface area contributed by atoms with Gasteiger partial charge in [-0.05, 0) is 96.9 Å². The third-order valence-electron chi connectivity index (χ3n) is 8.39. The third-order valence-corrected chi connectivity index (χ3v) is 8.39. The molecule has 0 unspecified atom stereocenters. The Labute approximate surface area is 195 Å². The van der Waals surface area contributed by atoms with Crippen molar-refractivity contribution < 1.29 is 0 Å². The molecule has 0 nitrogen and oxygen atoms in total. The molecule has 2 fully saturated rings. The molecule has 0 spiro atoms. The van der Waals surface area contributed by atoms with Crippen molar-refractivity contribution in [2.45, 2.75) is 83.0 Å². The minimum atomic E-state index is 0.724. The van der Waals surface area contributed by atoms with Crippen LogP contribution in [0.15, 0.2) is 72.8 Å². The molecule has 5 rings (SSSR count). The smallest absolute Gasteiger partial charge is 0.0162 e. The van der Waals surface area contributed by atoms with Crippen LogP contribution in [0.5, 0.6) is 0 Å². The molecule has 0 saturated heterocycles. The SMILES string of the molecule is Cc1ccc(C2CCC(c3ccc(-c4ccc(C5CCC(C)CC5)cc4)cc3)CC2)cc1. The van der Waals surface area contributed by atoms with Crippen molar-refractivity contribution in [2.24, 2.45) is 5.92 Å². The standard InChI is InChI=1S/C32H38/c1-23-3-7-25(8-4-23)27-11-15-29(16-12-27)31-19-21-32(22-20-31)30-17-13-28(14-18-30)26-9-5-24(2)6-10-26/h3-4,7-8,13-14,17-22,24,26-27,29H,5-6,9-12,15-16H2,1-2H3. The van der Waals surface area contributed by atoms with E-state index in [2.05, 4.69) is 86.6 Å². The first-order valence-corrected chi connectivity index (χ1v) is 12.9. The lowest BCUT2D eigenvalue weighted by Crippen LogP contribution is -2.12. The van der Waals surface area contributed by atoms with Crippen LogP contribution in [0.25, 0.3) is 11.1 Å². The van der Waals surface area contributed by atoms with Gasteiger partial charge in [0.1, 0.15) is 0 Å². The molecule has 0 amide bonds. The molecule has 0 bridgehead atoms. The zero-order chi connectivity index (χ0) is 21.9. The molecule has 2 aliphatic carbocycles. The normalized spacial score (nSPS) is 26.1. The molecule has 0 N–H and O–H groups in total. The highest BCUT2D eigenvalue weighted by molar-refractivity contribution is 5.64. The van der Waals surface area contributed by atoms with Gasteiger partial charge in [0.05, 0.1) is 0 Å². The molecule has 3 aromatic carbocycles. The summed E-state index contributed by atoms with van der Waals surface area (Å²) in [5, 5.41) is 0. The van der Waals surface area contributed by atoms with Crippen LogP contribution < -0.4 is 0 Å². The molecule has 0 radical (unpaired) electrons. The van der Waals surface area contributed by atoms with Crippen molar-refractivity contribution in [3.8, 4) is 11.1 Å². The minimum Gasteiger partial charge on any atom is -0.0625 e. The molecule has 2 aliphatic rings. The Kier molecular flexibility index (Phi) is 6.49. The summed E-state index contributed by atoms with van der Waals surface area (Å²) in [7, 11) is 0. The Balaban J connectivity index is 1.19. The van der Waals surface area contributed by atoms with Crippen LogP contribution in [-0.2, 0) is 0 Å². The topological polar surface area (TPSA) is 0 Å². The Bertz CT molecular complexity index is 977. The zero-order valence-corrected chi connectivity index (χ0v) is 19.9. The molecule has 166 valence electrons. The van der Waals surface area contributed by atoms with Crippen LogP contribution in [0.2, 0.25) is 0 Å². The third kappa shape index (κ3) is 4.85. The lowest BCUT2D eigenvalue weighted by atomic mass is 9.76. The van der Waals surface area contributed by atoms with E-state index in [4.69, 9.17) is 0 Å². The summed E-state index contributed by atoms with van der Waals surface area (Å²) in [6.07, 6.45) is 10.8. The summed E-state index contributed by atoms with van der Waals surface area (Å²) in [6.45, 7) is 4.58. The van der Waals surface area contributed by atoms with E-state index in [1.807, 2.05) is 0 Å². The first-order valence-electron chi connectivity index (χ1n) is 12.9. The summed E-state index contributed by atoms with van der Waals surface area (Å²) >= 11 is 0. The Hall–Kier alpha value is -2.34. The maximum atomic E-state index is 2.40. The maximum Gasteiger partial charge on any atom is -0.0162 e. The fourth-order valence-corrected chi connectivity index (χ4v) is 6.09. The van der Waals surface area contributed by atoms with Gasteiger partial charge in [-0.1, -0.05) is 98.1 Å². The highest BCUT2D eigenvalue weighted by atomic mass is 14.3. The quantitative estimate of drug-likeness (QED) is 0.393. The summed E-state index contributed by atoms with van der Waals surface area (Å²) in [5.74, 6) is 3.16. The van der Waals surface area contributed by atoms with Gasteiger partial charge in [-0.15, -0.1) is 0 Å². The molecule has 0 aromatic heterocycles. The summed E-state index contributed by atoms with van der Waals surface area (Å²) in [6, 6.07) is 28.1. The van der Waals surface area contributed by atoms with Gasteiger partial charge in [-0.3, -0.25) is 0 Å². The van der Waals surface area contributed by atoms with Gasteiger partial charge < -0.3 is 0 Å². The highest BCUT2D eigenvalue weighted by Crippen LogP contribution is 2.41. The van der Waals surface area contributed by atoms with Gasteiger partial charge in [0, 0.05) is 0 Å². The summed E-state index contributed by atoms with van der Waals surface area (Å²) in [5.41, 5.74) is 8.68. The van der Waals surface area contributed by atoms with E-state index in [1.54, 1.807) is 5.56 Å². The van der Waals surface area contributed by atoms with Crippen molar-refractivity contribution in [1.29, 1.82) is 0 Å². The van der Waals surface area contributed by atoms with Crippen LogP contribution in [0.1, 0.15) is 98.3 Å². The fraction of sp³-hybridized carbons (Fsp3) is 0.438. The Morgan fingerprint density at radius 1 is 0.438 bits per heavy atom. The van der Waals surface area contributed by atoms with Crippen LogP contribution in [-0.4, -0.2) is 0 Å². The summed E-state index contributed by atoms with van der Waals surface area (Å²) < 4.78 is 0. The first kappa shape index (κ1) is 21.5. The Morgan fingerprint density at radius 3 is 1.12 bits per heavy atom. The van der Waals surface area contributed by atoms with Crippen molar-refractivity contribution in [2.75, 3.05) is 0 Å². The molecule has 0 aliphatic heterocycles. The lowest BCUT2D eigenvalue weighted by molar-refractivity contribution is 0.348. The van der Waals surface area contributed by atoms with Gasteiger partial charge in [0.15, 0.2) is 0 Å². The second-order valence-corrected chi connectivity index (χ2v) is 10.7. The van der Waals surface area contributed by atoms with Crippen LogP contribution >= 0.6 is 0 Å². The van der Waals surface area contributed by atoms with Crippen LogP contribution in [0.3, 0.4) is 0 Å². The Morgan fingerprint density at radius 2 is 0.750 bits per heavy atom. The predicted molar refractivity (Wildman–Crippen MR) is 137 cm³/mol.